The van der Waals surface area contributed by atoms with Crippen molar-refractivity contribution in [3.8, 4) is 0 Å². The van der Waals surface area contributed by atoms with Crippen molar-refractivity contribution >= 4 is 11.6 Å². The summed E-state index contributed by atoms with van der Waals surface area (Å²) in [5.41, 5.74) is 2.64. The number of nitrogens with one attached hydrogen (secondary N) is 1. The molecule has 0 fully saturated rings. The highest BCUT2D eigenvalue weighted by Gasteiger charge is 2.16. The van der Waals surface area contributed by atoms with Crippen molar-refractivity contribution in [1.29, 1.82) is 0 Å². The zero-order valence-electron chi connectivity index (χ0n) is 12.2. The predicted octanol–water partition coefficient (Wildman–Crippen LogP) is 2.27. The van der Waals surface area contributed by atoms with Gasteiger partial charge in [0.15, 0.2) is 0 Å². The molecule has 1 rings (SSSR count). The number of carbonyl (C=O) groups excluding carboxylic acids is 1. The summed E-state index contributed by atoms with van der Waals surface area (Å²) in [5.74, 6) is -0.0699. The number of hydrogen-bond donors (Lipinski definition) is 2. The van der Waals surface area contributed by atoms with Crippen molar-refractivity contribution in [2.75, 3.05) is 25.5 Å². The Kier molecular flexibility index (Phi) is 5.83. The average Bonchev–Trinajstić information content (AvgIpc) is 2.34. The first-order chi connectivity index (χ1) is 8.95. The molecule has 0 spiro atoms. The molecule has 4 nitrogen and oxygen atoms in total. The van der Waals surface area contributed by atoms with Crippen LogP contribution >= 0.6 is 0 Å². The molecule has 106 valence electrons. The van der Waals surface area contributed by atoms with E-state index in [1.54, 1.807) is 18.9 Å². The first-order valence-electron chi connectivity index (χ1n) is 6.73. The Morgan fingerprint density at radius 1 is 1.47 bits per heavy atom. The van der Waals surface area contributed by atoms with Gasteiger partial charge in [0.05, 0.1) is 11.7 Å². The lowest BCUT2D eigenvalue weighted by atomic mass is 10.1. The third-order valence-corrected chi connectivity index (χ3v) is 2.86. The van der Waals surface area contributed by atoms with Crippen LogP contribution in [-0.2, 0) is 0 Å². The lowest BCUT2D eigenvalue weighted by Crippen LogP contribution is -2.33. The number of aliphatic hydroxyl groups is 1. The molecular formula is C15H24N2O2. The SMILES string of the molecule is CCCNc1cc(C)ccc1C(=O)N(C)CC(C)O. The first-order valence-corrected chi connectivity index (χ1v) is 6.73. The molecule has 0 saturated heterocycles. The Morgan fingerprint density at radius 2 is 2.16 bits per heavy atom. The summed E-state index contributed by atoms with van der Waals surface area (Å²) < 4.78 is 0. The summed E-state index contributed by atoms with van der Waals surface area (Å²) in [4.78, 5) is 13.9. The van der Waals surface area contributed by atoms with Crippen molar-refractivity contribution in [1.82, 2.24) is 4.90 Å². The summed E-state index contributed by atoms with van der Waals surface area (Å²) in [5, 5.41) is 12.6. The van der Waals surface area contributed by atoms with Crippen LogP contribution in [0.5, 0.6) is 0 Å². The third kappa shape index (κ3) is 4.56. The van der Waals surface area contributed by atoms with Crippen molar-refractivity contribution in [2.45, 2.75) is 33.3 Å². The molecule has 0 heterocycles. The fraction of sp³-hybridized carbons (Fsp3) is 0.533. The van der Waals surface area contributed by atoms with Gasteiger partial charge in [-0.05, 0) is 38.0 Å². The molecule has 0 aromatic heterocycles. The molecule has 19 heavy (non-hydrogen) atoms. The second kappa shape index (κ2) is 7.14. The highest BCUT2D eigenvalue weighted by Crippen LogP contribution is 2.19. The predicted molar refractivity (Wildman–Crippen MR) is 78.6 cm³/mol. The van der Waals surface area contributed by atoms with Crippen LogP contribution in [0, 0.1) is 6.92 Å². The highest BCUT2D eigenvalue weighted by atomic mass is 16.3. The lowest BCUT2D eigenvalue weighted by molar-refractivity contribution is 0.0704. The maximum atomic E-state index is 12.4. The van der Waals surface area contributed by atoms with E-state index in [-0.39, 0.29) is 5.91 Å². The number of hydrogen-bond acceptors (Lipinski definition) is 3. The van der Waals surface area contributed by atoms with Crippen LogP contribution in [0.15, 0.2) is 18.2 Å². The van der Waals surface area contributed by atoms with Crippen LogP contribution in [0.4, 0.5) is 5.69 Å². The van der Waals surface area contributed by atoms with Crippen LogP contribution in [0.1, 0.15) is 36.2 Å². The Morgan fingerprint density at radius 3 is 2.74 bits per heavy atom. The summed E-state index contributed by atoms with van der Waals surface area (Å²) in [6, 6.07) is 5.76. The second-order valence-corrected chi connectivity index (χ2v) is 5.01. The van der Waals surface area contributed by atoms with Crippen molar-refractivity contribution in [2.24, 2.45) is 0 Å². The number of likely N-dealkylation sites (N-methyl/N-ethyl adjacent to an activating group) is 1. The number of aliphatic hydroxyl groups excluding tert-OH is 1. The van der Waals surface area contributed by atoms with Gasteiger partial charge in [-0.25, -0.2) is 0 Å². The maximum absolute atomic E-state index is 12.4. The number of aryl methyl sites for hydroxylation is 1. The van der Waals surface area contributed by atoms with Gasteiger partial charge in [0, 0.05) is 25.8 Å². The number of carbonyl (C=O) groups is 1. The minimum absolute atomic E-state index is 0.0699. The molecule has 2 N–H and O–H groups in total. The summed E-state index contributed by atoms with van der Waals surface area (Å²) in [6.07, 6.45) is 0.483. The molecule has 0 radical (unpaired) electrons. The topological polar surface area (TPSA) is 52.6 Å². The quantitative estimate of drug-likeness (QED) is 0.828. The Hall–Kier alpha value is -1.55. The average molecular weight is 264 g/mol. The Labute approximate surface area is 115 Å². The molecule has 0 saturated carbocycles. The van der Waals surface area contributed by atoms with E-state index in [9.17, 15) is 9.90 Å². The number of anilines is 1. The summed E-state index contributed by atoms with van der Waals surface area (Å²) in [6.45, 7) is 6.94. The van der Waals surface area contributed by atoms with Gasteiger partial charge in [-0.2, -0.15) is 0 Å². The minimum atomic E-state index is -0.522. The molecule has 1 aromatic rings. The van der Waals surface area contributed by atoms with E-state index < -0.39 is 6.10 Å². The maximum Gasteiger partial charge on any atom is 0.255 e. The van der Waals surface area contributed by atoms with Gasteiger partial charge in [0.1, 0.15) is 0 Å². The van der Waals surface area contributed by atoms with Crippen molar-refractivity contribution in [3.63, 3.8) is 0 Å². The van der Waals surface area contributed by atoms with E-state index >= 15 is 0 Å². The van der Waals surface area contributed by atoms with Crippen LogP contribution in [-0.4, -0.2) is 42.2 Å². The van der Waals surface area contributed by atoms with Gasteiger partial charge >= 0.3 is 0 Å². The molecule has 0 aliphatic heterocycles. The lowest BCUT2D eigenvalue weighted by Gasteiger charge is -2.21. The first kappa shape index (κ1) is 15.5. The molecule has 1 atom stereocenters. The second-order valence-electron chi connectivity index (χ2n) is 5.01. The number of nitrogens with zero attached hydrogens (tertiary/aromatic N) is 1. The van der Waals surface area contributed by atoms with E-state index in [2.05, 4.69) is 12.2 Å². The van der Waals surface area contributed by atoms with E-state index in [4.69, 9.17) is 0 Å². The smallest absolute Gasteiger partial charge is 0.255 e. The Balaban J connectivity index is 2.94. The fourth-order valence-electron chi connectivity index (χ4n) is 1.94. The van der Waals surface area contributed by atoms with E-state index in [1.165, 1.54) is 0 Å². The number of benzene rings is 1. The Bertz CT molecular complexity index is 430. The van der Waals surface area contributed by atoms with Gasteiger partial charge in [-0.15, -0.1) is 0 Å². The minimum Gasteiger partial charge on any atom is -0.392 e. The van der Waals surface area contributed by atoms with E-state index in [0.717, 1.165) is 24.2 Å². The molecule has 0 bridgehead atoms. The van der Waals surface area contributed by atoms with Crippen molar-refractivity contribution < 1.29 is 9.90 Å². The molecular weight excluding hydrogens is 240 g/mol. The highest BCUT2D eigenvalue weighted by molar-refractivity contribution is 5.99. The fourth-order valence-corrected chi connectivity index (χ4v) is 1.94. The van der Waals surface area contributed by atoms with Gasteiger partial charge in [-0.1, -0.05) is 13.0 Å². The molecule has 1 amide bonds. The van der Waals surface area contributed by atoms with Crippen LogP contribution in [0.2, 0.25) is 0 Å². The molecule has 1 aromatic carbocycles. The van der Waals surface area contributed by atoms with Gasteiger partial charge in [-0.3, -0.25) is 4.79 Å². The summed E-state index contributed by atoms with van der Waals surface area (Å²) >= 11 is 0. The number of rotatable bonds is 6. The van der Waals surface area contributed by atoms with Crippen LogP contribution in [0.3, 0.4) is 0 Å². The largest absolute Gasteiger partial charge is 0.392 e. The zero-order chi connectivity index (χ0) is 14.4. The van der Waals surface area contributed by atoms with Crippen LogP contribution in [0.25, 0.3) is 0 Å². The molecule has 4 heteroatoms. The number of amides is 1. The monoisotopic (exact) mass is 264 g/mol. The molecule has 0 aliphatic rings. The molecule has 1 unspecified atom stereocenters. The van der Waals surface area contributed by atoms with Crippen molar-refractivity contribution in [3.05, 3.63) is 29.3 Å². The third-order valence-electron chi connectivity index (χ3n) is 2.86. The van der Waals surface area contributed by atoms with Crippen LogP contribution < -0.4 is 5.32 Å². The van der Waals surface area contributed by atoms with Gasteiger partial charge < -0.3 is 15.3 Å². The zero-order valence-corrected chi connectivity index (χ0v) is 12.2. The summed E-state index contributed by atoms with van der Waals surface area (Å²) in [7, 11) is 1.71. The van der Waals surface area contributed by atoms with Gasteiger partial charge in [0.25, 0.3) is 5.91 Å². The standard InChI is InChI=1S/C15H24N2O2/c1-5-8-16-14-9-11(2)6-7-13(14)15(19)17(4)10-12(3)18/h6-7,9,12,16,18H,5,8,10H2,1-4H3. The van der Waals surface area contributed by atoms with E-state index in [0.29, 0.717) is 12.1 Å². The van der Waals surface area contributed by atoms with Gasteiger partial charge in [0.2, 0.25) is 0 Å². The van der Waals surface area contributed by atoms with E-state index in [1.807, 2.05) is 25.1 Å². The normalized spacial score (nSPS) is 12.1. The molecule has 0 aliphatic carbocycles.